The summed E-state index contributed by atoms with van der Waals surface area (Å²) in [6, 6.07) is 1.71. The van der Waals surface area contributed by atoms with Gasteiger partial charge < -0.3 is 5.11 Å². The summed E-state index contributed by atoms with van der Waals surface area (Å²) in [5.41, 5.74) is 0.426. The van der Waals surface area contributed by atoms with Crippen molar-refractivity contribution in [3.63, 3.8) is 0 Å². The Kier molecular flexibility index (Phi) is 2.78. The van der Waals surface area contributed by atoms with E-state index in [0.717, 1.165) is 0 Å². The molecule has 2 aromatic heterocycles. The smallest absolute Gasteiger partial charge is 0.358 e. The molecule has 2 rings (SSSR count). The number of aromatic carboxylic acids is 1. The Bertz CT molecular complexity index is 518. The van der Waals surface area contributed by atoms with Crippen molar-refractivity contribution in [3.8, 4) is 0 Å². The van der Waals surface area contributed by atoms with Crippen molar-refractivity contribution in [2.75, 3.05) is 0 Å². The van der Waals surface area contributed by atoms with Crippen LogP contribution in [0.1, 0.15) is 20.8 Å². The summed E-state index contributed by atoms with van der Waals surface area (Å²) in [6.07, 6.45) is 1.23. The van der Waals surface area contributed by atoms with Crippen molar-refractivity contribution in [3.05, 3.63) is 34.3 Å². The fourth-order valence-electron chi connectivity index (χ4n) is 1.14. The van der Waals surface area contributed by atoms with E-state index in [9.17, 15) is 9.59 Å². The zero-order valence-electron chi connectivity index (χ0n) is 8.03. The first-order valence-electron chi connectivity index (χ1n) is 4.35. The minimum atomic E-state index is -1.16. The van der Waals surface area contributed by atoms with Gasteiger partial charge >= 0.3 is 5.97 Å². The Morgan fingerprint density at radius 2 is 2.31 bits per heavy atom. The number of nitrogens with zero attached hydrogens (tertiary/aromatic N) is 3. The molecular formula is C9H7N3O3S. The molecule has 6 nitrogen and oxygen atoms in total. The molecule has 0 unspecified atom stereocenters. The average Bonchev–Trinajstić information content (AvgIpc) is 2.87. The molecule has 0 spiro atoms. The van der Waals surface area contributed by atoms with Crippen LogP contribution in [-0.4, -0.2) is 31.9 Å². The third kappa shape index (κ3) is 2.14. The van der Waals surface area contributed by atoms with E-state index in [1.807, 2.05) is 0 Å². The number of carboxylic acids is 1. The molecule has 0 amide bonds. The lowest BCUT2D eigenvalue weighted by atomic mass is 10.2. The Balaban J connectivity index is 2.09. The first kappa shape index (κ1) is 10.5. The van der Waals surface area contributed by atoms with Gasteiger partial charge in [0.15, 0.2) is 11.5 Å². The van der Waals surface area contributed by atoms with Crippen LogP contribution in [0.15, 0.2) is 23.0 Å². The van der Waals surface area contributed by atoms with Crippen LogP contribution in [0.25, 0.3) is 0 Å². The van der Waals surface area contributed by atoms with Crippen molar-refractivity contribution < 1.29 is 14.7 Å². The van der Waals surface area contributed by atoms with Crippen LogP contribution >= 0.6 is 11.3 Å². The lowest BCUT2D eigenvalue weighted by molar-refractivity contribution is 0.0690. The Labute approximate surface area is 94.1 Å². The van der Waals surface area contributed by atoms with Gasteiger partial charge in [0, 0.05) is 10.9 Å². The number of rotatable bonds is 4. The average molecular weight is 237 g/mol. The van der Waals surface area contributed by atoms with Crippen molar-refractivity contribution in [2.24, 2.45) is 0 Å². The lowest BCUT2D eigenvalue weighted by Gasteiger charge is -1.96. The fraction of sp³-hybridized carbons (Fsp3) is 0.111. The predicted octanol–water partition coefficient (Wildman–Crippen LogP) is 0.921. The number of hydrogen-bond acceptors (Lipinski definition) is 5. The standard InChI is InChI=1S/C9H7N3O3S/c13-8(6-1-2-16-5-6)4-12-3-7(9(14)15)10-11-12/h1-3,5H,4H2,(H,14,15). The van der Waals surface area contributed by atoms with Gasteiger partial charge in [0.2, 0.25) is 0 Å². The second kappa shape index (κ2) is 4.23. The zero-order valence-corrected chi connectivity index (χ0v) is 8.85. The molecule has 0 aliphatic rings. The summed E-state index contributed by atoms with van der Waals surface area (Å²) in [5, 5.41) is 19.1. The Morgan fingerprint density at radius 1 is 1.50 bits per heavy atom. The summed E-state index contributed by atoms with van der Waals surface area (Å²) in [7, 11) is 0. The van der Waals surface area contributed by atoms with Crippen molar-refractivity contribution in [2.45, 2.75) is 6.54 Å². The topological polar surface area (TPSA) is 85.1 Å². The van der Waals surface area contributed by atoms with E-state index >= 15 is 0 Å². The molecule has 0 aliphatic carbocycles. The van der Waals surface area contributed by atoms with Gasteiger partial charge in [-0.1, -0.05) is 5.21 Å². The highest BCUT2D eigenvalue weighted by molar-refractivity contribution is 7.08. The van der Waals surface area contributed by atoms with E-state index < -0.39 is 5.97 Å². The predicted molar refractivity (Wildman–Crippen MR) is 55.6 cm³/mol. The highest BCUT2D eigenvalue weighted by atomic mass is 32.1. The van der Waals surface area contributed by atoms with E-state index in [1.54, 1.807) is 16.8 Å². The molecule has 0 atom stereocenters. The number of carboxylic acid groups (broad SMARTS) is 1. The zero-order chi connectivity index (χ0) is 11.5. The van der Waals surface area contributed by atoms with Crippen LogP contribution in [0.2, 0.25) is 0 Å². The molecule has 7 heteroatoms. The van der Waals surface area contributed by atoms with Crippen LogP contribution < -0.4 is 0 Å². The summed E-state index contributed by atoms with van der Waals surface area (Å²) in [6.45, 7) is -0.00296. The molecule has 0 saturated carbocycles. The van der Waals surface area contributed by atoms with E-state index in [2.05, 4.69) is 10.3 Å². The minimum absolute atomic E-state index is 0.00296. The SMILES string of the molecule is O=C(Cn1cc(C(=O)O)nn1)c1ccsc1. The lowest BCUT2D eigenvalue weighted by Crippen LogP contribution is -2.10. The minimum Gasteiger partial charge on any atom is -0.476 e. The maximum atomic E-state index is 11.6. The third-order valence-corrected chi connectivity index (χ3v) is 2.59. The molecule has 82 valence electrons. The van der Waals surface area contributed by atoms with Crippen molar-refractivity contribution in [1.82, 2.24) is 15.0 Å². The molecule has 0 radical (unpaired) electrons. The second-order valence-electron chi connectivity index (χ2n) is 3.04. The molecule has 0 aliphatic heterocycles. The maximum Gasteiger partial charge on any atom is 0.358 e. The van der Waals surface area contributed by atoms with E-state index in [1.165, 1.54) is 22.2 Å². The molecule has 1 N–H and O–H groups in total. The molecule has 0 bridgehead atoms. The molecule has 2 heterocycles. The van der Waals surface area contributed by atoms with Crippen LogP contribution in [0.4, 0.5) is 0 Å². The van der Waals surface area contributed by atoms with Gasteiger partial charge in [0.05, 0.1) is 6.20 Å². The Morgan fingerprint density at radius 3 is 2.88 bits per heavy atom. The molecular weight excluding hydrogens is 230 g/mol. The second-order valence-corrected chi connectivity index (χ2v) is 3.82. The molecule has 0 saturated heterocycles. The van der Waals surface area contributed by atoms with E-state index in [4.69, 9.17) is 5.11 Å². The first-order chi connectivity index (χ1) is 7.66. The van der Waals surface area contributed by atoms with E-state index in [0.29, 0.717) is 5.56 Å². The van der Waals surface area contributed by atoms with Crippen LogP contribution in [0.5, 0.6) is 0 Å². The van der Waals surface area contributed by atoms with Gasteiger partial charge in [-0.25, -0.2) is 9.48 Å². The number of aromatic nitrogens is 3. The van der Waals surface area contributed by atoms with Crippen LogP contribution in [0, 0.1) is 0 Å². The quantitative estimate of drug-likeness (QED) is 0.799. The van der Waals surface area contributed by atoms with Crippen LogP contribution in [0.3, 0.4) is 0 Å². The van der Waals surface area contributed by atoms with Gasteiger partial charge in [-0.15, -0.1) is 5.10 Å². The summed E-state index contributed by atoms with van der Waals surface area (Å²) < 4.78 is 1.21. The van der Waals surface area contributed by atoms with Crippen molar-refractivity contribution >= 4 is 23.1 Å². The summed E-state index contributed by atoms with van der Waals surface area (Å²) in [5.74, 6) is -1.28. The summed E-state index contributed by atoms with van der Waals surface area (Å²) >= 11 is 1.43. The van der Waals surface area contributed by atoms with Gasteiger partial charge in [0.25, 0.3) is 0 Å². The number of carbonyl (C=O) groups is 2. The van der Waals surface area contributed by atoms with E-state index in [-0.39, 0.29) is 18.0 Å². The number of thiophene rings is 1. The molecule has 16 heavy (non-hydrogen) atoms. The largest absolute Gasteiger partial charge is 0.476 e. The van der Waals surface area contributed by atoms with Gasteiger partial charge in [-0.2, -0.15) is 11.3 Å². The fourth-order valence-corrected chi connectivity index (χ4v) is 1.80. The van der Waals surface area contributed by atoms with Crippen molar-refractivity contribution in [1.29, 1.82) is 0 Å². The maximum absolute atomic E-state index is 11.6. The third-order valence-electron chi connectivity index (χ3n) is 1.91. The monoisotopic (exact) mass is 237 g/mol. The first-order valence-corrected chi connectivity index (χ1v) is 5.30. The molecule has 0 fully saturated rings. The Hall–Kier alpha value is -2.02. The molecule has 2 aromatic rings. The van der Waals surface area contributed by atoms with Gasteiger partial charge in [-0.05, 0) is 11.4 Å². The molecule has 0 aromatic carbocycles. The summed E-state index contributed by atoms with van der Waals surface area (Å²) in [4.78, 5) is 22.2. The highest BCUT2D eigenvalue weighted by Crippen LogP contribution is 2.07. The number of ketones is 1. The number of hydrogen-bond donors (Lipinski definition) is 1. The van der Waals surface area contributed by atoms with Gasteiger partial charge in [0.1, 0.15) is 6.54 Å². The number of Topliss-reactive ketones (excluding diaryl/α,β-unsaturated/α-hetero) is 1. The van der Waals surface area contributed by atoms with Gasteiger partial charge in [-0.3, -0.25) is 4.79 Å². The normalized spacial score (nSPS) is 10.2. The van der Waals surface area contributed by atoms with Crippen LogP contribution in [-0.2, 0) is 6.54 Å². The number of carbonyl (C=O) groups excluding carboxylic acids is 1. The highest BCUT2D eigenvalue weighted by Gasteiger charge is 2.11.